The first-order valence-electron chi connectivity index (χ1n) is 6.60. The number of amides is 1. The highest BCUT2D eigenvalue weighted by Crippen LogP contribution is 2.27. The highest BCUT2D eigenvalue weighted by molar-refractivity contribution is 5.85. The van der Waals surface area contributed by atoms with Gasteiger partial charge in [-0.25, -0.2) is 0 Å². The molecular formula is C13H27ClN2O. The molecule has 0 aromatic rings. The van der Waals surface area contributed by atoms with Gasteiger partial charge in [0.05, 0.1) is 0 Å². The molecule has 0 bridgehead atoms. The molecule has 17 heavy (non-hydrogen) atoms. The number of nitrogens with two attached hydrogens (primary N) is 1. The molecule has 1 aliphatic rings. The van der Waals surface area contributed by atoms with Crippen molar-refractivity contribution in [1.29, 1.82) is 0 Å². The van der Waals surface area contributed by atoms with Crippen LogP contribution in [0.5, 0.6) is 0 Å². The molecule has 1 saturated carbocycles. The molecule has 0 saturated heterocycles. The summed E-state index contributed by atoms with van der Waals surface area (Å²) in [6.07, 6.45) is 6.58. The van der Waals surface area contributed by atoms with Gasteiger partial charge in [0.2, 0.25) is 5.91 Å². The molecule has 0 spiro atoms. The maximum Gasteiger partial charge on any atom is 0.220 e. The minimum Gasteiger partial charge on any atom is -0.356 e. The number of hydrogen-bond acceptors (Lipinski definition) is 2. The minimum atomic E-state index is 0. The second-order valence-electron chi connectivity index (χ2n) is 5.46. The first-order chi connectivity index (χ1) is 7.58. The summed E-state index contributed by atoms with van der Waals surface area (Å²) in [5, 5.41) is 3.03. The summed E-state index contributed by atoms with van der Waals surface area (Å²) >= 11 is 0. The summed E-state index contributed by atoms with van der Waals surface area (Å²) in [6.45, 7) is 5.11. The third kappa shape index (κ3) is 7.61. The van der Waals surface area contributed by atoms with Gasteiger partial charge < -0.3 is 11.1 Å². The van der Waals surface area contributed by atoms with Gasteiger partial charge in [-0.1, -0.05) is 19.8 Å². The summed E-state index contributed by atoms with van der Waals surface area (Å²) in [5.74, 6) is 1.69. The fourth-order valence-corrected chi connectivity index (χ4v) is 2.45. The minimum absolute atomic E-state index is 0. The van der Waals surface area contributed by atoms with Crippen molar-refractivity contribution in [3.63, 3.8) is 0 Å². The Balaban J connectivity index is 0.00000256. The fraction of sp³-hybridized carbons (Fsp3) is 0.923. The second kappa shape index (κ2) is 8.76. The van der Waals surface area contributed by atoms with Gasteiger partial charge in [-0.05, 0) is 38.0 Å². The van der Waals surface area contributed by atoms with Crippen LogP contribution in [-0.2, 0) is 4.79 Å². The quantitative estimate of drug-likeness (QED) is 0.800. The van der Waals surface area contributed by atoms with Crippen molar-refractivity contribution in [1.82, 2.24) is 5.32 Å². The molecule has 1 amide bonds. The predicted molar refractivity (Wildman–Crippen MR) is 74.3 cm³/mol. The Morgan fingerprint density at radius 1 is 1.47 bits per heavy atom. The summed E-state index contributed by atoms with van der Waals surface area (Å²) in [5.41, 5.74) is 5.62. The lowest BCUT2D eigenvalue weighted by molar-refractivity contribution is -0.121. The zero-order chi connectivity index (χ0) is 12.0. The van der Waals surface area contributed by atoms with E-state index in [0.29, 0.717) is 12.3 Å². The molecule has 0 radical (unpaired) electrons. The normalized spacial score (nSPS) is 25.8. The number of halogens is 1. The summed E-state index contributed by atoms with van der Waals surface area (Å²) in [4.78, 5) is 11.5. The van der Waals surface area contributed by atoms with E-state index >= 15 is 0 Å². The molecule has 102 valence electrons. The molecule has 1 rings (SSSR count). The van der Waals surface area contributed by atoms with Crippen molar-refractivity contribution in [3.05, 3.63) is 0 Å². The van der Waals surface area contributed by atoms with E-state index in [0.717, 1.165) is 18.9 Å². The summed E-state index contributed by atoms with van der Waals surface area (Å²) in [6, 6.07) is 0.125. The van der Waals surface area contributed by atoms with Crippen molar-refractivity contribution >= 4 is 18.3 Å². The van der Waals surface area contributed by atoms with Crippen LogP contribution >= 0.6 is 12.4 Å². The zero-order valence-corrected chi connectivity index (χ0v) is 11.9. The maximum absolute atomic E-state index is 11.5. The van der Waals surface area contributed by atoms with Crippen LogP contribution < -0.4 is 11.1 Å². The lowest BCUT2D eigenvalue weighted by atomic mass is 9.82. The number of nitrogens with one attached hydrogen (secondary N) is 1. The smallest absolute Gasteiger partial charge is 0.220 e. The molecule has 0 heterocycles. The predicted octanol–water partition coefficient (Wildman–Crippen LogP) is 2.48. The first kappa shape index (κ1) is 16.7. The lowest BCUT2D eigenvalue weighted by Crippen LogP contribution is -2.32. The molecule has 1 aliphatic carbocycles. The summed E-state index contributed by atoms with van der Waals surface area (Å²) in [7, 11) is 0. The summed E-state index contributed by atoms with van der Waals surface area (Å²) < 4.78 is 0. The van der Waals surface area contributed by atoms with Crippen molar-refractivity contribution in [2.75, 3.05) is 6.54 Å². The molecule has 3 atom stereocenters. The first-order valence-corrected chi connectivity index (χ1v) is 6.60. The van der Waals surface area contributed by atoms with E-state index < -0.39 is 0 Å². The van der Waals surface area contributed by atoms with Crippen LogP contribution in [0.25, 0.3) is 0 Å². The average molecular weight is 263 g/mol. The van der Waals surface area contributed by atoms with Crippen LogP contribution in [0.1, 0.15) is 52.4 Å². The molecule has 0 aliphatic heterocycles. The van der Waals surface area contributed by atoms with E-state index in [1.54, 1.807) is 0 Å². The van der Waals surface area contributed by atoms with E-state index in [1.165, 1.54) is 25.7 Å². The van der Waals surface area contributed by atoms with Crippen molar-refractivity contribution < 1.29 is 4.79 Å². The van der Waals surface area contributed by atoms with Gasteiger partial charge >= 0.3 is 0 Å². The Hall–Kier alpha value is -0.280. The van der Waals surface area contributed by atoms with Crippen molar-refractivity contribution in [3.8, 4) is 0 Å². The maximum atomic E-state index is 11.5. The van der Waals surface area contributed by atoms with Crippen LogP contribution in [0, 0.1) is 11.8 Å². The second-order valence-corrected chi connectivity index (χ2v) is 5.46. The molecule has 3 N–H and O–H groups in total. The fourth-order valence-electron chi connectivity index (χ4n) is 2.45. The highest BCUT2D eigenvalue weighted by Gasteiger charge is 2.19. The van der Waals surface area contributed by atoms with Gasteiger partial charge in [0.15, 0.2) is 0 Å². The number of carbonyl (C=O) groups is 1. The lowest BCUT2D eigenvalue weighted by Gasteiger charge is -2.26. The van der Waals surface area contributed by atoms with E-state index in [1.807, 2.05) is 6.92 Å². The third-order valence-corrected chi connectivity index (χ3v) is 3.46. The van der Waals surface area contributed by atoms with Gasteiger partial charge in [-0.2, -0.15) is 0 Å². The van der Waals surface area contributed by atoms with Crippen LogP contribution in [0.4, 0.5) is 0 Å². The molecule has 4 heteroatoms. The molecule has 3 unspecified atom stereocenters. The number of rotatable bonds is 5. The largest absolute Gasteiger partial charge is 0.356 e. The van der Waals surface area contributed by atoms with Crippen LogP contribution in [0.3, 0.4) is 0 Å². The molecule has 3 nitrogen and oxygen atoms in total. The van der Waals surface area contributed by atoms with E-state index in [-0.39, 0.29) is 24.4 Å². The van der Waals surface area contributed by atoms with Crippen LogP contribution in [0.2, 0.25) is 0 Å². The van der Waals surface area contributed by atoms with Crippen LogP contribution in [0.15, 0.2) is 0 Å². The van der Waals surface area contributed by atoms with Gasteiger partial charge in [0.1, 0.15) is 0 Å². The average Bonchev–Trinajstić information content (AvgIpc) is 2.23. The van der Waals surface area contributed by atoms with E-state index in [4.69, 9.17) is 5.73 Å². The van der Waals surface area contributed by atoms with E-state index in [2.05, 4.69) is 12.2 Å². The Morgan fingerprint density at radius 2 is 2.18 bits per heavy atom. The molecule has 0 aromatic heterocycles. The Bertz CT molecular complexity index is 221. The Labute approximate surface area is 111 Å². The monoisotopic (exact) mass is 262 g/mol. The molecule has 0 aromatic carbocycles. The van der Waals surface area contributed by atoms with Crippen molar-refractivity contribution in [2.45, 2.75) is 58.4 Å². The van der Waals surface area contributed by atoms with Gasteiger partial charge in [0, 0.05) is 19.0 Å². The SMILES string of the molecule is CC(N)CCC(=O)NCC1CCCC(C)C1.Cl. The van der Waals surface area contributed by atoms with E-state index in [9.17, 15) is 4.79 Å². The topological polar surface area (TPSA) is 55.1 Å². The number of carbonyl (C=O) groups excluding carboxylic acids is 1. The zero-order valence-electron chi connectivity index (χ0n) is 11.1. The Morgan fingerprint density at radius 3 is 2.76 bits per heavy atom. The van der Waals surface area contributed by atoms with Gasteiger partial charge in [0.25, 0.3) is 0 Å². The standard InChI is InChI=1S/C13H26N2O.ClH/c1-10-4-3-5-12(8-10)9-15-13(16)7-6-11(2)14;/h10-12H,3-9,14H2,1-2H3,(H,15,16);1H. The third-order valence-electron chi connectivity index (χ3n) is 3.46. The molecular weight excluding hydrogens is 236 g/mol. The highest BCUT2D eigenvalue weighted by atomic mass is 35.5. The Kier molecular flexibility index (Phi) is 8.61. The molecule has 1 fully saturated rings. The van der Waals surface area contributed by atoms with Crippen LogP contribution in [-0.4, -0.2) is 18.5 Å². The van der Waals surface area contributed by atoms with Crippen molar-refractivity contribution in [2.24, 2.45) is 17.6 Å². The number of hydrogen-bond donors (Lipinski definition) is 2. The van der Waals surface area contributed by atoms with Gasteiger partial charge in [-0.3, -0.25) is 4.79 Å². The van der Waals surface area contributed by atoms with Gasteiger partial charge in [-0.15, -0.1) is 12.4 Å².